The van der Waals surface area contributed by atoms with E-state index in [4.69, 9.17) is 15.2 Å². The summed E-state index contributed by atoms with van der Waals surface area (Å²) in [7, 11) is 0. The molecular weight excluding hydrogens is 1070 g/mol. The van der Waals surface area contributed by atoms with Crippen molar-refractivity contribution in [3.05, 3.63) is 102 Å². The van der Waals surface area contributed by atoms with E-state index in [1.165, 1.54) is 24.3 Å². The topological polar surface area (TPSA) is 377 Å². The van der Waals surface area contributed by atoms with Crippen LogP contribution >= 0.6 is 0 Å². The number of ether oxygens (including phenoxy) is 2. The lowest BCUT2D eigenvalue weighted by Crippen LogP contribution is -2.59. The van der Waals surface area contributed by atoms with E-state index in [0.29, 0.717) is 27.6 Å². The van der Waals surface area contributed by atoms with E-state index in [1.807, 2.05) is 0 Å². The first-order valence-electron chi connectivity index (χ1n) is 27.4. The molecule has 0 spiro atoms. The number of phenols is 1. The van der Waals surface area contributed by atoms with E-state index in [1.54, 1.807) is 102 Å². The van der Waals surface area contributed by atoms with Gasteiger partial charge < -0.3 is 73.1 Å². The molecule has 10 amide bonds. The average molecular weight is 1150 g/mol. The molecule has 0 saturated carbocycles. The van der Waals surface area contributed by atoms with E-state index in [9.17, 15) is 57.8 Å². The smallest absolute Gasteiger partial charge is 0.408 e. The Hall–Kier alpha value is -9.03. The highest BCUT2D eigenvalue weighted by Gasteiger charge is 2.35. The van der Waals surface area contributed by atoms with E-state index < -0.39 is 126 Å². The highest BCUT2D eigenvalue weighted by atomic mass is 16.6. The standard InChI is InChI=1S/C58H77N11O14/c1-57(2,3)82-49(74)31-45(55(80)67-42(50(59)75)28-34-14-8-7-9-15-34)68-52(77)41-19-13-27-61-47(72)25-24-46(71)60-26-12-18-40(65-53(78)43(69-56(81)83-58(4,5)6)29-35-20-22-37(70)23-21-35)51(76)63-33-48(73)64-44(54(79)66-41)30-36-32-62-39-17-11-10-16-38(36)39/h7-11,14-17,20-23,32,40-45,62,70H,12-13,18-19,24-31,33H2,1-6H3,(H2,59,75)(H,60,71)(H,61,72)(H,63,76)(H,64,73)(H,65,78)(H,66,79)(H,67,80)(H,68,77)(H,69,81)/t40-,41-,42-,43-,44-,45-/m0/s1. The summed E-state index contributed by atoms with van der Waals surface area (Å²) in [5.41, 5.74) is 6.19. The first-order valence-corrected chi connectivity index (χ1v) is 27.4. The van der Waals surface area contributed by atoms with E-state index in [0.717, 1.165) is 0 Å². The number of aromatic hydroxyl groups is 1. The Labute approximate surface area is 480 Å². The van der Waals surface area contributed by atoms with Crippen LogP contribution in [0.3, 0.4) is 0 Å². The second kappa shape index (κ2) is 30.7. The Morgan fingerprint density at radius 1 is 0.651 bits per heavy atom. The third-order valence-electron chi connectivity index (χ3n) is 12.8. The Bertz CT molecular complexity index is 2940. The molecule has 1 aliphatic heterocycles. The monoisotopic (exact) mass is 1150 g/mol. The number of aromatic amines is 1. The molecular formula is C58H77N11O14. The van der Waals surface area contributed by atoms with Crippen LogP contribution in [-0.4, -0.2) is 142 Å². The summed E-state index contributed by atoms with van der Waals surface area (Å²) in [6.07, 6.45) is -0.967. The third kappa shape index (κ3) is 22.8. The van der Waals surface area contributed by atoms with Gasteiger partial charge in [0.05, 0.1) is 13.0 Å². The second-order valence-corrected chi connectivity index (χ2v) is 22.1. The summed E-state index contributed by atoms with van der Waals surface area (Å²) in [6, 6.07) is 13.0. The number of phenolic OH excluding ortho intramolecular Hbond substituents is 1. The van der Waals surface area contributed by atoms with Crippen molar-refractivity contribution in [1.82, 2.24) is 52.8 Å². The number of hydrogen-bond donors (Lipinski definition) is 12. The molecule has 25 heteroatoms. The largest absolute Gasteiger partial charge is 0.508 e. The quantitative estimate of drug-likeness (QED) is 0.0701. The Kier molecular flexibility index (Phi) is 24.0. The number of fused-ring (bicyclic) bond motifs is 1. The molecule has 1 aromatic heterocycles. The predicted octanol–water partition coefficient (Wildman–Crippen LogP) is 1.14. The van der Waals surface area contributed by atoms with E-state index >= 15 is 0 Å². The normalized spacial score (nSPS) is 18.5. The zero-order chi connectivity index (χ0) is 60.9. The molecule has 0 bridgehead atoms. The minimum atomic E-state index is -1.70. The number of aromatic nitrogens is 1. The van der Waals surface area contributed by atoms with Crippen LogP contribution < -0.4 is 53.6 Å². The molecule has 3 aromatic carbocycles. The van der Waals surface area contributed by atoms with Gasteiger partial charge in [-0.15, -0.1) is 0 Å². The zero-order valence-corrected chi connectivity index (χ0v) is 47.6. The Morgan fingerprint density at radius 2 is 1.25 bits per heavy atom. The molecule has 83 heavy (non-hydrogen) atoms. The molecule has 13 N–H and O–H groups in total. The molecule has 1 aliphatic rings. The first-order chi connectivity index (χ1) is 39.2. The van der Waals surface area contributed by atoms with Crippen molar-refractivity contribution in [2.24, 2.45) is 5.73 Å². The maximum Gasteiger partial charge on any atom is 0.408 e. The van der Waals surface area contributed by atoms with Crippen LogP contribution in [-0.2, 0) is 76.7 Å². The summed E-state index contributed by atoms with van der Waals surface area (Å²) < 4.78 is 10.9. The zero-order valence-electron chi connectivity index (χ0n) is 47.6. The number of alkyl carbamates (subject to hydrolysis) is 1. The van der Waals surface area contributed by atoms with Crippen LogP contribution in [0.15, 0.2) is 85.1 Å². The van der Waals surface area contributed by atoms with Crippen LogP contribution in [0.5, 0.6) is 5.75 Å². The van der Waals surface area contributed by atoms with Crippen LogP contribution in [0.1, 0.15) is 103 Å². The molecule has 6 atom stereocenters. The van der Waals surface area contributed by atoms with Gasteiger partial charge in [0.25, 0.3) is 0 Å². The summed E-state index contributed by atoms with van der Waals surface area (Å²) in [5.74, 6) is -8.31. The lowest BCUT2D eigenvalue weighted by Gasteiger charge is -2.27. The molecule has 1 fully saturated rings. The average Bonchev–Trinajstić information content (AvgIpc) is 3.92. The number of amides is 10. The second-order valence-electron chi connectivity index (χ2n) is 22.1. The van der Waals surface area contributed by atoms with Crippen molar-refractivity contribution in [2.75, 3.05) is 19.6 Å². The van der Waals surface area contributed by atoms with Gasteiger partial charge in [0, 0.05) is 62.3 Å². The van der Waals surface area contributed by atoms with Gasteiger partial charge in [-0.05, 0) is 102 Å². The van der Waals surface area contributed by atoms with Crippen molar-refractivity contribution in [3.8, 4) is 5.75 Å². The molecule has 0 unspecified atom stereocenters. The van der Waals surface area contributed by atoms with Gasteiger partial charge in [-0.25, -0.2) is 4.79 Å². The van der Waals surface area contributed by atoms with Gasteiger partial charge in [-0.2, -0.15) is 0 Å². The number of carbonyl (C=O) groups is 11. The number of rotatable bonds is 16. The minimum absolute atomic E-state index is 0.00146. The predicted molar refractivity (Wildman–Crippen MR) is 303 cm³/mol. The van der Waals surface area contributed by atoms with Gasteiger partial charge in [-0.1, -0.05) is 60.7 Å². The molecule has 2 heterocycles. The number of para-hydroxylation sites is 1. The van der Waals surface area contributed by atoms with Crippen molar-refractivity contribution in [2.45, 2.75) is 153 Å². The van der Waals surface area contributed by atoms with Crippen LogP contribution in [0.25, 0.3) is 10.9 Å². The summed E-state index contributed by atoms with van der Waals surface area (Å²) in [5, 5.41) is 34.0. The molecule has 25 nitrogen and oxygen atoms in total. The summed E-state index contributed by atoms with van der Waals surface area (Å²) >= 11 is 0. The maximum atomic E-state index is 14.7. The number of primary amides is 1. The van der Waals surface area contributed by atoms with Crippen molar-refractivity contribution < 1.29 is 67.3 Å². The fourth-order valence-electron chi connectivity index (χ4n) is 8.72. The Balaban J connectivity index is 1.44. The molecule has 5 rings (SSSR count). The number of esters is 1. The fraction of sp³-hybridized carbons (Fsp3) is 0.466. The SMILES string of the molecule is CC(C)(C)OC(=O)C[C@H](NC(=O)[C@@H]1CCCNC(=O)CCC(=O)NCCC[C@H](NC(=O)[C@H](Cc2ccc(O)cc2)NC(=O)OC(C)(C)C)C(=O)NCC(=O)N[C@@H](Cc2c[nH]c3ccccc23)C(=O)N1)C(=O)N[C@@H](Cc1ccccc1)C(N)=O. The van der Waals surface area contributed by atoms with Crippen molar-refractivity contribution in [1.29, 1.82) is 0 Å². The fourth-order valence-corrected chi connectivity index (χ4v) is 8.72. The van der Waals surface area contributed by atoms with Crippen LogP contribution in [0.2, 0.25) is 0 Å². The number of H-pyrrole nitrogens is 1. The number of nitrogens with one attached hydrogen (secondary N) is 10. The van der Waals surface area contributed by atoms with E-state index in [-0.39, 0.29) is 76.6 Å². The molecule has 0 radical (unpaired) electrons. The highest BCUT2D eigenvalue weighted by Crippen LogP contribution is 2.20. The van der Waals surface area contributed by atoms with Crippen molar-refractivity contribution >= 4 is 76.1 Å². The van der Waals surface area contributed by atoms with Gasteiger partial charge in [0.2, 0.25) is 53.2 Å². The number of nitrogens with two attached hydrogens (primary N) is 1. The number of benzene rings is 3. The van der Waals surface area contributed by atoms with Crippen molar-refractivity contribution in [3.63, 3.8) is 0 Å². The maximum absolute atomic E-state index is 14.7. The summed E-state index contributed by atoms with van der Waals surface area (Å²) in [4.78, 5) is 154. The first kappa shape index (κ1) is 64.8. The summed E-state index contributed by atoms with van der Waals surface area (Å²) in [6.45, 7) is 8.90. The third-order valence-corrected chi connectivity index (χ3v) is 12.8. The van der Waals surface area contributed by atoms with Crippen LogP contribution in [0, 0.1) is 0 Å². The van der Waals surface area contributed by atoms with Gasteiger partial charge >= 0.3 is 12.1 Å². The molecule has 4 aromatic rings. The van der Waals surface area contributed by atoms with E-state index in [2.05, 4.69) is 52.8 Å². The molecule has 1 saturated heterocycles. The molecule has 448 valence electrons. The number of carbonyl (C=O) groups excluding carboxylic acids is 11. The lowest BCUT2D eigenvalue weighted by atomic mass is 10.0. The van der Waals surface area contributed by atoms with Gasteiger partial charge in [-0.3, -0.25) is 47.9 Å². The van der Waals surface area contributed by atoms with Crippen LogP contribution in [0.4, 0.5) is 4.79 Å². The molecule has 0 aliphatic carbocycles. The lowest BCUT2D eigenvalue weighted by molar-refractivity contribution is -0.156. The number of hydrogen-bond acceptors (Lipinski definition) is 14. The van der Waals surface area contributed by atoms with Gasteiger partial charge in [0.15, 0.2) is 0 Å². The highest BCUT2D eigenvalue weighted by molar-refractivity contribution is 5.98. The van der Waals surface area contributed by atoms with Gasteiger partial charge in [0.1, 0.15) is 53.2 Å². The minimum Gasteiger partial charge on any atom is -0.508 e. The Morgan fingerprint density at radius 3 is 1.89 bits per heavy atom.